The lowest BCUT2D eigenvalue weighted by Crippen LogP contribution is -2.33. The first-order valence-electron chi connectivity index (χ1n) is 8.25. The Kier molecular flexibility index (Phi) is 5.04. The lowest BCUT2D eigenvalue weighted by Gasteiger charge is -2.26. The summed E-state index contributed by atoms with van der Waals surface area (Å²) in [7, 11) is 0. The number of hydrogen-bond donors (Lipinski definition) is 1. The number of fused-ring (bicyclic) bond motifs is 1. The molecule has 0 bridgehead atoms. The highest BCUT2D eigenvalue weighted by Crippen LogP contribution is 2.33. The third-order valence-electron chi connectivity index (χ3n) is 4.73. The molecule has 2 aliphatic rings. The van der Waals surface area contributed by atoms with Crippen molar-refractivity contribution in [1.82, 2.24) is 5.32 Å². The Morgan fingerprint density at radius 1 is 1.19 bits per heavy atom. The molecule has 1 heterocycles. The molecule has 1 aromatic carbocycles. The molecule has 1 N–H and O–H groups in total. The number of nitrogens with one attached hydrogen (secondary N) is 1. The largest absolute Gasteiger partial charge is 0.370 e. The number of ether oxygens (including phenoxy) is 1. The molecule has 1 unspecified atom stereocenters. The van der Waals surface area contributed by atoms with E-state index in [1.807, 2.05) is 0 Å². The van der Waals surface area contributed by atoms with E-state index in [2.05, 4.69) is 29.6 Å². The van der Waals surface area contributed by atoms with Gasteiger partial charge in [-0.15, -0.1) is 0 Å². The SMILES string of the molecule is O=C(COC1CCNCC1)CC1CCCc2ccccc21. The number of piperidine rings is 1. The molecule has 1 aliphatic heterocycles. The van der Waals surface area contributed by atoms with E-state index in [1.165, 1.54) is 17.5 Å². The number of hydrogen-bond acceptors (Lipinski definition) is 3. The van der Waals surface area contributed by atoms with Gasteiger partial charge in [0.05, 0.1) is 6.10 Å². The number of aryl methyl sites for hydroxylation is 1. The van der Waals surface area contributed by atoms with E-state index >= 15 is 0 Å². The maximum atomic E-state index is 12.2. The standard InChI is InChI=1S/C18H25NO2/c20-16(13-21-17-8-10-19-11-9-17)12-15-6-3-5-14-4-1-2-7-18(14)15/h1-2,4,7,15,17,19H,3,5-6,8-13H2. The van der Waals surface area contributed by atoms with Gasteiger partial charge in [-0.1, -0.05) is 24.3 Å². The molecule has 0 radical (unpaired) electrons. The van der Waals surface area contributed by atoms with Gasteiger partial charge in [0.2, 0.25) is 0 Å². The summed E-state index contributed by atoms with van der Waals surface area (Å²) >= 11 is 0. The highest BCUT2D eigenvalue weighted by molar-refractivity contribution is 5.80. The van der Waals surface area contributed by atoms with Crippen molar-refractivity contribution in [2.75, 3.05) is 19.7 Å². The zero-order chi connectivity index (χ0) is 14.5. The Labute approximate surface area is 127 Å². The zero-order valence-corrected chi connectivity index (χ0v) is 12.6. The maximum Gasteiger partial charge on any atom is 0.159 e. The predicted molar refractivity (Wildman–Crippen MR) is 83.6 cm³/mol. The van der Waals surface area contributed by atoms with E-state index in [9.17, 15) is 4.79 Å². The van der Waals surface area contributed by atoms with Crippen molar-refractivity contribution in [1.29, 1.82) is 0 Å². The van der Waals surface area contributed by atoms with Gasteiger partial charge >= 0.3 is 0 Å². The van der Waals surface area contributed by atoms with Gasteiger partial charge in [0.25, 0.3) is 0 Å². The molecule has 1 fully saturated rings. The Morgan fingerprint density at radius 3 is 2.86 bits per heavy atom. The normalized spacial score (nSPS) is 22.8. The molecule has 0 saturated carbocycles. The molecule has 0 amide bonds. The Hall–Kier alpha value is -1.19. The minimum absolute atomic E-state index is 0.259. The summed E-state index contributed by atoms with van der Waals surface area (Å²) < 4.78 is 5.78. The number of carbonyl (C=O) groups excluding carboxylic acids is 1. The number of Topliss-reactive ketones (excluding diaryl/α,β-unsaturated/α-hetero) is 1. The number of benzene rings is 1. The summed E-state index contributed by atoms with van der Waals surface area (Å²) in [6.07, 6.45) is 6.46. The average Bonchev–Trinajstić information content (AvgIpc) is 2.54. The van der Waals surface area contributed by atoms with Gasteiger partial charge in [0.1, 0.15) is 6.61 Å². The van der Waals surface area contributed by atoms with Gasteiger partial charge in [-0.3, -0.25) is 4.79 Å². The van der Waals surface area contributed by atoms with Crippen LogP contribution in [-0.2, 0) is 16.0 Å². The summed E-state index contributed by atoms with van der Waals surface area (Å²) in [5, 5.41) is 3.31. The monoisotopic (exact) mass is 287 g/mol. The number of carbonyl (C=O) groups is 1. The quantitative estimate of drug-likeness (QED) is 0.905. The third kappa shape index (κ3) is 3.92. The van der Waals surface area contributed by atoms with Crippen LogP contribution in [0.15, 0.2) is 24.3 Å². The van der Waals surface area contributed by atoms with Crippen molar-refractivity contribution < 1.29 is 9.53 Å². The molecule has 1 atom stereocenters. The van der Waals surface area contributed by atoms with Gasteiger partial charge < -0.3 is 10.1 Å². The van der Waals surface area contributed by atoms with Crippen LogP contribution >= 0.6 is 0 Å². The second kappa shape index (κ2) is 7.19. The summed E-state index contributed by atoms with van der Waals surface area (Å²) in [5.74, 6) is 0.661. The van der Waals surface area contributed by atoms with E-state index in [4.69, 9.17) is 4.74 Å². The van der Waals surface area contributed by atoms with Crippen LogP contribution in [0.25, 0.3) is 0 Å². The highest BCUT2D eigenvalue weighted by atomic mass is 16.5. The third-order valence-corrected chi connectivity index (χ3v) is 4.73. The minimum atomic E-state index is 0.259. The van der Waals surface area contributed by atoms with Crippen LogP contribution in [0.2, 0.25) is 0 Å². The molecule has 0 spiro atoms. The van der Waals surface area contributed by atoms with E-state index < -0.39 is 0 Å². The summed E-state index contributed by atoms with van der Waals surface area (Å²) in [5.41, 5.74) is 2.82. The van der Waals surface area contributed by atoms with Crippen molar-refractivity contribution in [3.8, 4) is 0 Å². The molecule has 1 aliphatic carbocycles. The summed E-state index contributed by atoms with van der Waals surface area (Å²) in [6.45, 7) is 2.31. The molecule has 3 heteroatoms. The lowest BCUT2D eigenvalue weighted by atomic mass is 9.80. The predicted octanol–water partition coefficient (Wildman–Crippen LogP) is 2.83. The van der Waals surface area contributed by atoms with Gasteiger partial charge in [-0.2, -0.15) is 0 Å². The summed E-state index contributed by atoms with van der Waals surface area (Å²) in [4.78, 5) is 12.2. The molecule has 21 heavy (non-hydrogen) atoms. The number of ketones is 1. The Morgan fingerprint density at radius 2 is 2.00 bits per heavy atom. The molecule has 3 rings (SSSR count). The van der Waals surface area contributed by atoms with Crippen LogP contribution in [0, 0.1) is 0 Å². The van der Waals surface area contributed by atoms with Gasteiger partial charge in [-0.25, -0.2) is 0 Å². The highest BCUT2D eigenvalue weighted by Gasteiger charge is 2.23. The van der Waals surface area contributed by atoms with Gasteiger partial charge in [-0.05, 0) is 62.2 Å². The van der Waals surface area contributed by atoms with Crippen LogP contribution in [0.3, 0.4) is 0 Å². The van der Waals surface area contributed by atoms with Crippen LogP contribution in [0.1, 0.15) is 49.1 Å². The van der Waals surface area contributed by atoms with Gasteiger partial charge in [0.15, 0.2) is 5.78 Å². The zero-order valence-electron chi connectivity index (χ0n) is 12.6. The van der Waals surface area contributed by atoms with Crippen LogP contribution < -0.4 is 5.32 Å². The van der Waals surface area contributed by atoms with Crippen molar-refractivity contribution >= 4 is 5.78 Å². The van der Waals surface area contributed by atoms with E-state index in [0.717, 1.165) is 38.8 Å². The van der Waals surface area contributed by atoms with Crippen LogP contribution in [0.5, 0.6) is 0 Å². The van der Waals surface area contributed by atoms with Crippen molar-refractivity contribution in [2.24, 2.45) is 0 Å². The average molecular weight is 287 g/mol. The van der Waals surface area contributed by atoms with Crippen molar-refractivity contribution in [3.63, 3.8) is 0 Å². The van der Waals surface area contributed by atoms with Gasteiger partial charge in [0, 0.05) is 6.42 Å². The molecule has 3 nitrogen and oxygen atoms in total. The topological polar surface area (TPSA) is 38.3 Å². The second-order valence-corrected chi connectivity index (χ2v) is 6.29. The van der Waals surface area contributed by atoms with Crippen molar-refractivity contribution in [2.45, 2.75) is 50.5 Å². The molecular weight excluding hydrogens is 262 g/mol. The fraction of sp³-hybridized carbons (Fsp3) is 0.611. The first-order chi connectivity index (χ1) is 10.3. The van der Waals surface area contributed by atoms with Crippen LogP contribution in [-0.4, -0.2) is 31.6 Å². The molecule has 1 saturated heterocycles. The molecule has 0 aromatic heterocycles. The first kappa shape index (κ1) is 14.7. The smallest absolute Gasteiger partial charge is 0.159 e. The fourth-order valence-electron chi connectivity index (χ4n) is 3.57. The molecule has 114 valence electrons. The summed E-state index contributed by atoms with van der Waals surface area (Å²) in [6, 6.07) is 8.59. The van der Waals surface area contributed by atoms with E-state index in [1.54, 1.807) is 0 Å². The molecular formula is C18H25NO2. The van der Waals surface area contributed by atoms with E-state index in [-0.39, 0.29) is 11.9 Å². The lowest BCUT2D eigenvalue weighted by molar-refractivity contribution is -0.126. The number of rotatable bonds is 5. The fourth-order valence-corrected chi connectivity index (χ4v) is 3.57. The van der Waals surface area contributed by atoms with E-state index in [0.29, 0.717) is 18.9 Å². The Bertz CT molecular complexity index is 480. The van der Waals surface area contributed by atoms with Crippen molar-refractivity contribution in [3.05, 3.63) is 35.4 Å². The maximum absolute atomic E-state index is 12.2. The molecule has 1 aromatic rings. The minimum Gasteiger partial charge on any atom is -0.370 e. The Balaban J connectivity index is 1.51. The van der Waals surface area contributed by atoms with Crippen LogP contribution in [0.4, 0.5) is 0 Å². The first-order valence-corrected chi connectivity index (χ1v) is 8.25. The second-order valence-electron chi connectivity index (χ2n) is 6.29.